The van der Waals surface area contributed by atoms with E-state index in [0.717, 1.165) is 9.87 Å². The molecule has 3 aromatic rings. The van der Waals surface area contributed by atoms with Crippen LogP contribution in [0.4, 0.5) is 5.69 Å². The molecule has 0 aliphatic carbocycles. The molecule has 0 unspecified atom stereocenters. The molecule has 10 heteroatoms. The number of carbonyl (C=O) groups excluding carboxylic acids is 2. The van der Waals surface area contributed by atoms with Crippen molar-refractivity contribution < 1.29 is 18.0 Å². The second-order valence-electron chi connectivity index (χ2n) is 10.1. The zero-order valence-electron chi connectivity index (χ0n) is 23.8. The first kappa shape index (κ1) is 32.4. The van der Waals surface area contributed by atoms with Crippen LogP contribution >= 0.6 is 23.2 Å². The van der Waals surface area contributed by atoms with Crippen molar-refractivity contribution in [2.75, 3.05) is 17.4 Å². The predicted octanol–water partition coefficient (Wildman–Crippen LogP) is 6.33. The summed E-state index contributed by atoms with van der Waals surface area (Å²) in [5.41, 5.74) is 1.85. The summed E-state index contributed by atoms with van der Waals surface area (Å²) in [6.07, 6.45) is 0.890. The minimum Gasteiger partial charge on any atom is -0.354 e. The highest BCUT2D eigenvalue weighted by Crippen LogP contribution is 2.29. The summed E-state index contributed by atoms with van der Waals surface area (Å²) in [7, 11) is -4.13. The third kappa shape index (κ3) is 8.24. The fourth-order valence-electron chi connectivity index (χ4n) is 4.46. The molecule has 2 amide bonds. The lowest BCUT2D eigenvalue weighted by Gasteiger charge is -2.34. The van der Waals surface area contributed by atoms with Crippen LogP contribution in [0, 0.1) is 5.92 Å². The summed E-state index contributed by atoms with van der Waals surface area (Å²) in [6.45, 7) is 7.70. The van der Waals surface area contributed by atoms with E-state index >= 15 is 0 Å². The maximum atomic E-state index is 14.2. The van der Waals surface area contributed by atoms with Crippen molar-refractivity contribution in [3.63, 3.8) is 0 Å². The molecule has 0 fully saturated rings. The van der Waals surface area contributed by atoms with Crippen LogP contribution < -0.4 is 9.62 Å². The average Bonchev–Trinajstić information content (AvgIpc) is 2.96. The molecule has 0 aliphatic heterocycles. The number of hydrogen-bond donors (Lipinski definition) is 1. The van der Waals surface area contributed by atoms with Crippen LogP contribution in [0.3, 0.4) is 0 Å². The summed E-state index contributed by atoms with van der Waals surface area (Å²) in [5, 5.41) is 3.61. The summed E-state index contributed by atoms with van der Waals surface area (Å²) < 4.78 is 29.1. The lowest BCUT2D eigenvalue weighted by atomic mass is 10.1. The molecule has 220 valence electrons. The zero-order valence-corrected chi connectivity index (χ0v) is 26.1. The van der Waals surface area contributed by atoms with E-state index in [1.54, 1.807) is 48.5 Å². The van der Waals surface area contributed by atoms with E-state index < -0.39 is 28.5 Å². The Bertz CT molecular complexity index is 1450. The Labute approximate surface area is 253 Å². The highest BCUT2D eigenvalue weighted by Gasteiger charge is 2.34. The molecule has 0 aliphatic rings. The molecule has 0 radical (unpaired) electrons. The van der Waals surface area contributed by atoms with Crippen LogP contribution in [0.1, 0.15) is 45.2 Å². The lowest BCUT2D eigenvalue weighted by Crippen LogP contribution is -2.52. The van der Waals surface area contributed by atoms with Crippen LogP contribution in [0.15, 0.2) is 77.7 Å². The summed E-state index contributed by atoms with van der Waals surface area (Å²) in [5.74, 6) is -0.609. The van der Waals surface area contributed by atoms with Gasteiger partial charge in [0.05, 0.1) is 20.6 Å². The highest BCUT2D eigenvalue weighted by molar-refractivity contribution is 7.92. The normalized spacial score (nSPS) is 12.2. The quantitative estimate of drug-likeness (QED) is 0.243. The standard InChI is InChI=1S/C31H37Cl2N3O4S/c1-5-24-12-10-11-15-29(24)36(41(39,40)25-13-8-7-9-14-25)21-30(37)35(20-23-16-17-26(32)27(33)18-23)28(6-2)31(38)34-19-22(3)4/h7-18,22,28H,5-6,19-21H2,1-4H3,(H,34,38)/t28-/m0/s1. The number of sulfonamides is 1. The number of para-hydroxylation sites is 1. The Balaban J connectivity index is 2.09. The van der Waals surface area contributed by atoms with E-state index in [4.69, 9.17) is 23.2 Å². The number of benzene rings is 3. The van der Waals surface area contributed by atoms with Crippen LogP contribution in [0.25, 0.3) is 0 Å². The largest absolute Gasteiger partial charge is 0.354 e. The zero-order chi connectivity index (χ0) is 30.2. The molecule has 1 N–H and O–H groups in total. The van der Waals surface area contributed by atoms with Gasteiger partial charge in [-0.25, -0.2) is 8.42 Å². The molecule has 3 aromatic carbocycles. The Morgan fingerprint density at radius 1 is 0.902 bits per heavy atom. The van der Waals surface area contributed by atoms with Gasteiger partial charge in [0.15, 0.2) is 0 Å². The van der Waals surface area contributed by atoms with Crippen molar-refractivity contribution in [1.29, 1.82) is 0 Å². The van der Waals surface area contributed by atoms with Crippen molar-refractivity contribution in [3.8, 4) is 0 Å². The van der Waals surface area contributed by atoms with Crippen molar-refractivity contribution in [2.24, 2.45) is 5.92 Å². The second kappa shape index (κ2) is 14.7. The van der Waals surface area contributed by atoms with Gasteiger partial charge in [0.25, 0.3) is 10.0 Å². The van der Waals surface area contributed by atoms with Gasteiger partial charge in [-0.15, -0.1) is 0 Å². The number of nitrogens with one attached hydrogen (secondary N) is 1. The first-order valence-electron chi connectivity index (χ1n) is 13.7. The molecule has 0 spiro atoms. The third-order valence-electron chi connectivity index (χ3n) is 6.66. The molecule has 0 saturated heterocycles. The topological polar surface area (TPSA) is 86.8 Å². The molecule has 0 aromatic heterocycles. The van der Waals surface area contributed by atoms with Gasteiger partial charge in [0, 0.05) is 13.1 Å². The minimum absolute atomic E-state index is 0.0397. The second-order valence-corrected chi connectivity index (χ2v) is 12.8. The summed E-state index contributed by atoms with van der Waals surface area (Å²) in [4.78, 5) is 29.0. The molecule has 0 saturated carbocycles. The van der Waals surface area contributed by atoms with Gasteiger partial charge in [-0.1, -0.05) is 93.4 Å². The highest BCUT2D eigenvalue weighted by atomic mass is 35.5. The van der Waals surface area contributed by atoms with Crippen molar-refractivity contribution >= 4 is 50.7 Å². The Kier molecular flexibility index (Phi) is 11.6. The Hall–Kier alpha value is -3.07. The van der Waals surface area contributed by atoms with Crippen molar-refractivity contribution in [3.05, 3.63) is 94.0 Å². The third-order valence-corrected chi connectivity index (χ3v) is 9.17. The minimum atomic E-state index is -4.13. The van der Waals surface area contributed by atoms with Crippen LogP contribution in [-0.2, 0) is 32.6 Å². The van der Waals surface area contributed by atoms with E-state index in [1.807, 2.05) is 39.8 Å². The first-order chi connectivity index (χ1) is 19.5. The number of hydrogen-bond acceptors (Lipinski definition) is 4. The Morgan fingerprint density at radius 2 is 1.56 bits per heavy atom. The van der Waals surface area contributed by atoms with Gasteiger partial charge in [0.2, 0.25) is 11.8 Å². The molecule has 0 bridgehead atoms. The smallest absolute Gasteiger partial charge is 0.264 e. The summed E-state index contributed by atoms with van der Waals surface area (Å²) in [6, 6.07) is 19.3. The van der Waals surface area contributed by atoms with Gasteiger partial charge in [-0.2, -0.15) is 0 Å². The first-order valence-corrected chi connectivity index (χ1v) is 15.9. The molecule has 1 atom stereocenters. The number of carbonyl (C=O) groups is 2. The maximum absolute atomic E-state index is 14.2. The molecular weight excluding hydrogens is 581 g/mol. The monoisotopic (exact) mass is 617 g/mol. The molecule has 41 heavy (non-hydrogen) atoms. The number of amides is 2. The van der Waals surface area contributed by atoms with Crippen LogP contribution in [0.2, 0.25) is 10.0 Å². The van der Waals surface area contributed by atoms with E-state index in [2.05, 4.69) is 5.32 Å². The van der Waals surface area contributed by atoms with Gasteiger partial charge in [-0.3, -0.25) is 13.9 Å². The number of halogens is 2. The SMILES string of the molecule is CCc1ccccc1N(CC(=O)N(Cc1ccc(Cl)c(Cl)c1)[C@@H](CC)C(=O)NCC(C)C)S(=O)(=O)c1ccccc1. The Morgan fingerprint density at radius 3 is 2.17 bits per heavy atom. The fourth-order valence-corrected chi connectivity index (χ4v) is 6.26. The lowest BCUT2D eigenvalue weighted by molar-refractivity contribution is -0.140. The maximum Gasteiger partial charge on any atom is 0.264 e. The van der Waals surface area contributed by atoms with Crippen LogP contribution in [-0.4, -0.2) is 44.3 Å². The molecule has 0 heterocycles. The number of anilines is 1. The number of rotatable bonds is 13. The van der Waals surface area contributed by atoms with Crippen molar-refractivity contribution in [2.45, 2.75) is 58.0 Å². The van der Waals surface area contributed by atoms with E-state index in [9.17, 15) is 18.0 Å². The van der Waals surface area contributed by atoms with Gasteiger partial charge >= 0.3 is 0 Å². The molecular formula is C31H37Cl2N3O4S. The molecule has 7 nitrogen and oxygen atoms in total. The van der Waals surface area contributed by atoms with E-state index in [1.165, 1.54) is 17.0 Å². The van der Waals surface area contributed by atoms with Gasteiger partial charge in [0.1, 0.15) is 12.6 Å². The number of nitrogens with zero attached hydrogens (tertiary/aromatic N) is 2. The fraction of sp³-hybridized carbons (Fsp3) is 0.355. The molecule has 3 rings (SSSR count). The predicted molar refractivity (Wildman–Crippen MR) is 166 cm³/mol. The van der Waals surface area contributed by atoms with Gasteiger partial charge < -0.3 is 10.2 Å². The van der Waals surface area contributed by atoms with E-state index in [0.29, 0.717) is 40.7 Å². The van der Waals surface area contributed by atoms with E-state index in [-0.39, 0.29) is 23.3 Å². The summed E-state index contributed by atoms with van der Waals surface area (Å²) >= 11 is 12.4. The number of aryl methyl sites for hydroxylation is 1. The van der Waals surface area contributed by atoms with Crippen LogP contribution in [0.5, 0.6) is 0 Å². The van der Waals surface area contributed by atoms with Gasteiger partial charge in [-0.05, 0) is 60.2 Å². The average molecular weight is 619 g/mol. The van der Waals surface area contributed by atoms with Crippen molar-refractivity contribution in [1.82, 2.24) is 10.2 Å².